The molecule has 1 fully saturated rings. The number of likely N-dealkylation sites (tertiary alicyclic amines) is 1. The Bertz CT molecular complexity index is 781. The van der Waals surface area contributed by atoms with Crippen LogP contribution >= 0.6 is 15.9 Å². The van der Waals surface area contributed by atoms with E-state index in [-0.39, 0.29) is 5.91 Å². The molecule has 0 spiro atoms. The van der Waals surface area contributed by atoms with Crippen molar-refractivity contribution in [2.45, 2.75) is 32.7 Å². The molecular formula is C20H26BrN3O. The van der Waals surface area contributed by atoms with E-state index in [1.54, 1.807) is 0 Å². The summed E-state index contributed by atoms with van der Waals surface area (Å²) in [5.41, 5.74) is 3.98. The number of benzene rings is 1. The van der Waals surface area contributed by atoms with E-state index < -0.39 is 0 Å². The molecule has 2 aromatic rings. The largest absolute Gasteiger partial charge is 0.337 e. The van der Waals surface area contributed by atoms with Crippen molar-refractivity contribution >= 4 is 21.8 Å². The molecule has 1 aromatic heterocycles. The number of aromatic nitrogens is 1. The van der Waals surface area contributed by atoms with Gasteiger partial charge in [0.15, 0.2) is 0 Å². The third-order valence-corrected chi connectivity index (χ3v) is 5.64. The molecule has 134 valence electrons. The molecule has 0 aliphatic carbocycles. The number of piperidine rings is 1. The minimum atomic E-state index is 0.154. The molecule has 1 aliphatic rings. The zero-order valence-electron chi connectivity index (χ0n) is 15.4. The van der Waals surface area contributed by atoms with Crippen LogP contribution in [-0.2, 0) is 0 Å². The van der Waals surface area contributed by atoms with E-state index in [1.807, 2.05) is 30.0 Å². The first-order valence-electron chi connectivity index (χ1n) is 8.79. The number of hydrogen-bond donors (Lipinski definition) is 0. The Morgan fingerprint density at radius 1 is 1.24 bits per heavy atom. The number of nitrogens with zero attached hydrogens (tertiary/aromatic N) is 3. The number of likely N-dealkylation sites (N-methyl/N-ethyl adjacent to an activating group) is 1. The van der Waals surface area contributed by atoms with Crippen molar-refractivity contribution in [3.8, 4) is 5.69 Å². The normalized spacial score (nSPS) is 18.0. The van der Waals surface area contributed by atoms with Crippen LogP contribution in [0.2, 0.25) is 0 Å². The first-order valence-corrected chi connectivity index (χ1v) is 9.58. The summed E-state index contributed by atoms with van der Waals surface area (Å²) in [5.74, 6) is 0.154. The maximum Gasteiger partial charge on any atom is 0.255 e. The number of carbonyl (C=O) groups excluding carboxylic acids is 1. The first kappa shape index (κ1) is 18.2. The second-order valence-electron chi connectivity index (χ2n) is 7.11. The van der Waals surface area contributed by atoms with Gasteiger partial charge in [-0.3, -0.25) is 4.79 Å². The van der Waals surface area contributed by atoms with Gasteiger partial charge in [0.25, 0.3) is 5.91 Å². The molecule has 0 radical (unpaired) electrons. The maximum absolute atomic E-state index is 13.1. The van der Waals surface area contributed by atoms with Gasteiger partial charge in [-0.15, -0.1) is 0 Å². The van der Waals surface area contributed by atoms with Crippen LogP contribution in [0.15, 0.2) is 34.8 Å². The average molecular weight is 404 g/mol. The van der Waals surface area contributed by atoms with E-state index in [1.165, 1.54) is 0 Å². The Labute approximate surface area is 158 Å². The van der Waals surface area contributed by atoms with Crippen molar-refractivity contribution in [3.63, 3.8) is 0 Å². The molecule has 0 N–H and O–H groups in total. The van der Waals surface area contributed by atoms with Gasteiger partial charge in [-0.05, 0) is 65.0 Å². The number of carbonyl (C=O) groups is 1. The highest BCUT2D eigenvalue weighted by Gasteiger charge is 2.27. The van der Waals surface area contributed by atoms with Gasteiger partial charge in [-0.1, -0.05) is 22.0 Å². The average Bonchev–Trinajstić information content (AvgIpc) is 2.88. The zero-order chi connectivity index (χ0) is 18.1. The molecule has 1 aromatic carbocycles. The highest BCUT2D eigenvalue weighted by atomic mass is 79.9. The van der Waals surface area contributed by atoms with Crippen molar-refractivity contribution in [2.75, 3.05) is 27.2 Å². The summed E-state index contributed by atoms with van der Waals surface area (Å²) >= 11 is 3.53. The Balaban J connectivity index is 1.91. The molecule has 25 heavy (non-hydrogen) atoms. The smallest absolute Gasteiger partial charge is 0.255 e. The summed E-state index contributed by atoms with van der Waals surface area (Å²) in [6, 6.07) is 10.7. The lowest BCUT2D eigenvalue weighted by atomic mass is 10.0. The Kier molecular flexibility index (Phi) is 5.35. The van der Waals surface area contributed by atoms with Crippen LogP contribution in [0.5, 0.6) is 0 Å². The van der Waals surface area contributed by atoms with Crippen LogP contribution in [-0.4, -0.2) is 53.5 Å². The predicted octanol–water partition coefficient (Wildman–Crippen LogP) is 4.02. The second kappa shape index (κ2) is 7.34. The fourth-order valence-corrected chi connectivity index (χ4v) is 4.11. The molecule has 5 heteroatoms. The molecule has 1 atom stereocenters. The van der Waals surface area contributed by atoms with Gasteiger partial charge in [-0.2, -0.15) is 0 Å². The lowest BCUT2D eigenvalue weighted by Crippen LogP contribution is -2.47. The molecule has 0 bridgehead atoms. The number of rotatable bonds is 3. The van der Waals surface area contributed by atoms with Gasteiger partial charge in [0.1, 0.15) is 0 Å². The van der Waals surface area contributed by atoms with Gasteiger partial charge in [0.2, 0.25) is 0 Å². The van der Waals surface area contributed by atoms with Gasteiger partial charge in [0.05, 0.1) is 5.56 Å². The minimum Gasteiger partial charge on any atom is -0.337 e. The Hall–Kier alpha value is -1.59. The Morgan fingerprint density at radius 2 is 2.00 bits per heavy atom. The minimum absolute atomic E-state index is 0.154. The topological polar surface area (TPSA) is 28.5 Å². The molecular weight excluding hydrogens is 378 g/mol. The number of hydrogen-bond acceptors (Lipinski definition) is 2. The fourth-order valence-electron chi connectivity index (χ4n) is 3.72. The van der Waals surface area contributed by atoms with Crippen molar-refractivity contribution in [1.82, 2.24) is 14.4 Å². The number of aryl methyl sites for hydroxylation is 1. The van der Waals surface area contributed by atoms with Crippen LogP contribution in [0.25, 0.3) is 5.69 Å². The summed E-state index contributed by atoms with van der Waals surface area (Å²) in [6.45, 7) is 5.76. The molecule has 1 aliphatic heterocycles. The molecule has 1 saturated heterocycles. The SMILES string of the molecule is Cc1cc(C(=O)N2CCCC(N(C)C)C2)c(C)n1-c1cccc(Br)c1. The van der Waals surface area contributed by atoms with E-state index >= 15 is 0 Å². The van der Waals surface area contributed by atoms with Gasteiger partial charge in [-0.25, -0.2) is 0 Å². The van der Waals surface area contributed by atoms with Crippen molar-refractivity contribution in [1.29, 1.82) is 0 Å². The fraction of sp³-hybridized carbons (Fsp3) is 0.450. The quantitative estimate of drug-likeness (QED) is 0.773. The molecule has 3 rings (SSSR count). The first-order chi connectivity index (χ1) is 11.9. The summed E-state index contributed by atoms with van der Waals surface area (Å²) in [7, 11) is 4.19. The van der Waals surface area contributed by atoms with Gasteiger partial charge < -0.3 is 14.4 Å². The van der Waals surface area contributed by atoms with Gasteiger partial charge >= 0.3 is 0 Å². The van der Waals surface area contributed by atoms with Crippen molar-refractivity contribution in [3.05, 3.63) is 51.8 Å². The molecule has 4 nitrogen and oxygen atoms in total. The zero-order valence-corrected chi connectivity index (χ0v) is 17.0. The molecule has 1 amide bonds. The number of amides is 1. The summed E-state index contributed by atoms with van der Waals surface area (Å²) in [6.07, 6.45) is 2.23. The Morgan fingerprint density at radius 3 is 2.68 bits per heavy atom. The highest BCUT2D eigenvalue weighted by Crippen LogP contribution is 2.25. The van der Waals surface area contributed by atoms with Crippen LogP contribution < -0.4 is 0 Å². The third kappa shape index (κ3) is 3.67. The van der Waals surface area contributed by atoms with E-state index in [0.717, 1.165) is 53.0 Å². The van der Waals surface area contributed by atoms with Crippen molar-refractivity contribution in [2.24, 2.45) is 0 Å². The molecule has 1 unspecified atom stereocenters. The lowest BCUT2D eigenvalue weighted by molar-refractivity contribution is 0.0634. The van der Waals surface area contributed by atoms with E-state index in [2.05, 4.69) is 58.5 Å². The number of halogens is 1. The molecule has 0 saturated carbocycles. The van der Waals surface area contributed by atoms with Crippen LogP contribution in [0, 0.1) is 13.8 Å². The standard InChI is InChI=1S/C20H26BrN3O/c1-14-11-19(15(2)24(14)17-8-5-7-16(21)12-17)20(25)23-10-6-9-18(13-23)22(3)4/h5,7-8,11-12,18H,6,9-10,13H2,1-4H3. The predicted molar refractivity (Wildman–Crippen MR) is 106 cm³/mol. The van der Waals surface area contributed by atoms with E-state index in [9.17, 15) is 4.79 Å². The second-order valence-corrected chi connectivity index (χ2v) is 8.03. The summed E-state index contributed by atoms with van der Waals surface area (Å²) in [5, 5.41) is 0. The summed E-state index contributed by atoms with van der Waals surface area (Å²) < 4.78 is 3.20. The van der Waals surface area contributed by atoms with E-state index in [4.69, 9.17) is 0 Å². The van der Waals surface area contributed by atoms with Crippen LogP contribution in [0.3, 0.4) is 0 Å². The summed E-state index contributed by atoms with van der Waals surface area (Å²) in [4.78, 5) is 17.4. The van der Waals surface area contributed by atoms with Gasteiger partial charge in [0, 0.05) is 40.7 Å². The highest BCUT2D eigenvalue weighted by molar-refractivity contribution is 9.10. The third-order valence-electron chi connectivity index (χ3n) is 5.14. The lowest BCUT2D eigenvalue weighted by Gasteiger charge is -2.36. The van der Waals surface area contributed by atoms with Crippen LogP contribution in [0.4, 0.5) is 0 Å². The van der Waals surface area contributed by atoms with Crippen LogP contribution in [0.1, 0.15) is 34.6 Å². The monoisotopic (exact) mass is 403 g/mol. The van der Waals surface area contributed by atoms with E-state index in [0.29, 0.717) is 6.04 Å². The maximum atomic E-state index is 13.1. The van der Waals surface area contributed by atoms with Crippen molar-refractivity contribution < 1.29 is 4.79 Å². The molecule has 2 heterocycles.